The van der Waals surface area contributed by atoms with Crippen LogP contribution in [0.2, 0.25) is 0 Å². The lowest BCUT2D eigenvalue weighted by Gasteiger charge is -2.45. The lowest BCUT2D eigenvalue weighted by atomic mass is 9.87. The number of benzene rings is 2. The molecule has 1 spiro atoms. The van der Waals surface area contributed by atoms with E-state index in [0.29, 0.717) is 44.7 Å². The van der Waals surface area contributed by atoms with Crippen LogP contribution in [0.25, 0.3) is 0 Å². The number of methoxy groups -OCH3 is 1. The molecule has 0 bridgehead atoms. The van der Waals surface area contributed by atoms with Crippen molar-refractivity contribution in [3.8, 4) is 17.2 Å². The fourth-order valence-electron chi connectivity index (χ4n) is 4.62. The predicted octanol–water partition coefficient (Wildman–Crippen LogP) is 3.66. The summed E-state index contributed by atoms with van der Waals surface area (Å²) in [7, 11) is 1.55. The van der Waals surface area contributed by atoms with Crippen molar-refractivity contribution >= 4 is 11.6 Å². The largest absolute Gasteiger partial charge is 0.504 e. The molecule has 1 fully saturated rings. The van der Waals surface area contributed by atoms with E-state index in [-0.39, 0.29) is 17.7 Å². The summed E-state index contributed by atoms with van der Waals surface area (Å²) in [6.07, 6.45) is 2.07. The number of piperidine rings is 1. The number of likely N-dealkylation sites (tertiary alicyclic amines) is 1. The third-order valence-corrected chi connectivity index (χ3v) is 6.35. The first-order chi connectivity index (χ1) is 15.4. The molecule has 1 amide bonds. The zero-order chi connectivity index (χ0) is 22.7. The van der Waals surface area contributed by atoms with Crippen LogP contribution < -0.4 is 14.8 Å². The number of carbonyl (C=O) groups is 1. The van der Waals surface area contributed by atoms with Gasteiger partial charge in [0.25, 0.3) is 0 Å². The van der Waals surface area contributed by atoms with Gasteiger partial charge in [0.05, 0.1) is 13.7 Å². The van der Waals surface area contributed by atoms with Crippen LogP contribution in [-0.2, 0) is 4.79 Å². The minimum Gasteiger partial charge on any atom is -0.504 e. The van der Waals surface area contributed by atoms with E-state index in [2.05, 4.69) is 5.32 Å². The number of hydrogen-bond donors (Lipinski definition) is 2. The number of nitrogens with one attached hydrogen (secondary N) is 1. The molecule has 4 rings (SSSR count). The Bertz CT molecular complexity index is 995. The topological polar surface area (TPSA) is 83.4 Å². The van der Waals surface area contributed by atoms with E-state index in [0.717, 1.165) is 22.6 Å². The fraction of sp³-hybridized carbons (Fsp3) is 0.440. The molecule has 2 heterocycles. The van der Waals surface area contributed by atoms with Crippen molar-refractivity contribution in [3.63, 3.8) is 0 Å². The zero-order valence-corrected chi connectivity index (χ0v) is 18.9. The molecule has 2 aromatic rings. The smallest absolute Gasteiger partial charge is 0.219 e. The maximum absolute atomic E-state index is 11.9. The molecule has 2 aliphatic rings. The predicted molar refractivity (Wildman–Crippen MR) is 124 cm³/mol. The number of aromatic hydroxyl groups is 1. The number of phenols is 1. The van der Waals surface area contributed by atoms with Crippen molar-refractivity contribution in [2.45, 2.75) is 44.8 Å². The van der Waals surface area contributed by atoms with Gasteiger partial charge in [-0.25, -0.2) is 0 Å². The second-order valence-corrected chi connectivity index (χ2v) is 8.35. The van der Waals surface area contributed by atoms with Gasteiger partial charge >= 0.3 is 0 Å². The molecule has 0 saturated carbocycles. The number of rotatable bonds is 5. The monoisotopic (exact) mass is 437 g/mol. The molecule has 2 N–H and O–H groups in total. The summed E-state index contributed by atoms with van der Waals surface area (Å²) < 4.78 is 10.9. The molecule has 1 atom stereocenters. The van der Waals surface area contributed by atoms with Crippen LogP contribution >= 0.6 is 0 Å². The number of para-hydroxylation sites is 1. The van der Waals surface area contributed by atoms with Crippen molar-refractivity contribution in [3.05, 3.63) is 53.6 Å². The number of hydrogen-bond acceptors (Lipinski definition) is 6. The first-order valence-corrected chi connectivity index (χ1v) is 11.2. The maximum Gasteiger partial charge on any atom is 0.219 e. The Morgan fingerprint density at radius 1 is 1.22 bits per heavy atom. The Hall–Kier alpha value is -3.06. The third-order valence-electron chi connectivity index (χ3n) is 6.35. The molecule has 32 heavy (non-hydrogen) atoms. The Morgan fingerprint density at radius 2 is 1.94 bits per heavy atom. The lowest BCUT2D eigenvalue weighted by molar-refractivity contribution is -0.130. The van der Waals surface area contributed by atoms with Crippen LogP contribution in [0.15, 0.2) is 47.5 Å². The minimum atomic E-state index is -0.488. The van der Waals surface area contributed by atoms with Crippen LogP contribution in [0.5, 0.6) is 17.2 Å². The van der Waals surface area contributed by atoms with Gasteiger partial charge in [0, 0.05) is 56.6 Å². The number of phenolic OH excluding ortho intramolecular Hbond substituents is 1. The Balaban J connectivity index is 1.69. The molecular formula is C25H31N3O4. The van der Waals surface area contributed by atoms with E-state index in [9.17, 15) is 9.90 Å². The van der Waals surface area contributed by atoms with E-state index < -0.39 is 5.66 Å². The SMILES string of the molecule is CCOc1ccc(C2=NC3(CCN(C(C)=O)CC3)N[C@@H](c3cccc(OC)c3O)C2)cc1. The molecule has 0 radical (unpaired) electrons. The van der Waals surface area contributed by atoms with Crippen LogP contribution in [0.4, 0.5) is 0 Å². The van der Waals surface area contributed by atoms with E-state index in [1.807, 2.05) is 48.2 Å². The highest BCUT2D eigenvalue weighted by Crippen LogP contribution is 2.40. The second-order valence-electron chi connectivity index (χ2n) is 8.35. The highest BCUT2D eigenvalue weighted by atomic mass is 16.5. The molecule has 0 unspecified atom stereocenters. The average molecular weight is 438 g/mol. The van der Waals surface area contributed by atoms with Gasteiger partial charge in [-0.3, -0.25) is 15.1 Å². The number of carbonyl (C=O) groups excluding carboxylic acids is 1. The standard InChI is InChI=1S/C25H31N3O4/c1-4-32-19-10-8-18(9-11-19)21-16-22(20-6-5-7-23(31-3)24(20)30)27-25(26-21)12-14-28(15-13-25)17(2)29/h5-11,22,27,30H,4,12-16H2,1-3H3/t22-/m1/s1. The van der Waals surface area contributed by atoms with Crippen LogP contribution in [-0.4, -0.2) is 54.1 Å². The zero-order valence-electron chi connectivity index (χ0n) is 18.9. The quantitative estimate of drug-likeness (QED) is 0.746. The molecular weight excluding hydrogens is 406 g/mol. The van der Waals surface area contributed by atoms with Crippen molar-refractivity contribution in [1.82, 2.24) is 10.2 Å². The van der Waals surface area contributed by atoms with Gasteiger partial charge in [-0.2, -0.15) is 0 Å². The first kappa shape index (κ1) is 22.1. The fourth-order valence-corrected chi connectivity index (χ4v) is 4.62. The number of aliphatic imine (C=N–C) groups is 1. The summed E-state index contributed by atoms with van der Waals surface area (Å²) in [6, 6.07) is 13.4. The van der Waals surface area contributed by atoms with Crippen molar-refractivity contribution in [2.75, 3.05) is 26.8 Å². The maximum atomic E-state index is 11.9. The summed E-state index contributed by atoms with van der Waals surface area (Å²) in [5, 5.41) is 14.5. The molecule has 170 valence electrons. The summed E-state index contributed by atoms with van der Waals surface area (Å²) >= 11 is 0. The van der Waals surface area contributed by atoms with Crippen LogP contribution in [0.1, 0.15) is 50.3 Å². The average Bonchev–Trinajstić information content (AvgIpc) is 2.80. The second kappa shape index (κ2) is 9.20. The molecule has 0 aromatic heterocycles. The van der Waals surface area contributed by atoms with Gasteiger partial charge < -0.3 is 19.5 Å². The summed E-state index contributed by atoms with van der Waals surface area (Å²) in [5.74, 6) is 1.53. The van der Waals surface area contributed by atoms with Crippen LogP contribution in [0, 0.1) is 0 Å². The van der Waals surface area contributed by atoms with Crippen molar-refractivity contribution in [2.24, 2.45) is 4.99 Å². The van der Waals surface area contributed by atoms with E-state index in [1.54, 1.807) is 20.1 Å². The minimum absolute atomic E-state index is 0.0911. The van der Waals surface area contributed by atoms with Gasteiger partial charge in [-0.15, -0.1) is 0 Å². The molecule has 2 aliphatic heterocycles. The highest BCUT2D eigenvalue weighted by molar-refractivity contribution is 6.02. The summed E-state index contributed by atoms with van der Waals surface area (Å²) in [5.41, 5.74) is 2.32. The van der Waals surface area contributed by atoms with E-state index in [1.165, 1.54) is 0 Å². The molecule has 1 saturated heterocycles. The van der Waals surface area contributed by atoms with Gasteiger partial charge in [0.2, 0.25) is 5.91 Å². The van der Waals surface area contributed by atoms with Gasteiger partial charge in [-0.05, 0) is 42.8 Å². The van der Waals surface area contributed by atoms with E-state index in [4.69, 9.17) is 14.5 Å². The normalized spacial score (nSPS) is 20.0. The van der Waals surface area contributed by atoms with E-state index >= 15 is 0 Å². The third kappa shape index (κ3) is 4.43. The van der Waals surface area contributed by atoms with Gasteiger partial charge in [-0.1, -0.05) is 12.1 Å². The van der Waals surface area contributed by atoms with Crippen LogP contribution in [0.3, 0.4) is 0 Å². The van der Waals surface area contributed by atoms with Crippen molar-refractivity contribution < 1.29 is 19.4 Å². The Morgan fingerprint density at radius 3 is 2.56 bits per heavy atom. The first-order valence-electron chi connectivity index (χ1n) is 11.2. The summed E-state index contributed by atoms with van der Waals surface area (Å²) in [6.45, 7) is 5.50. The molecule has 0 aliphatic carbocycles. The van der Waals surface area contributed by atoms with Gasteiger partial charge in [0.1, 0.15) is 11.4 Å². The number of ether oxygens (including phenoxy) is 2. The van der Waals surface area contributed by atoms with Gasteiger partial charge in [0.15, 0.2) is 11.5 Å². The lowest BCUT2D eigenvalue weighted by Crippen LogP contribution is -2.56. The summed E-state index contributed by atoms with van der Waals surface area (Å²) in [4.78, 5) is 18.9. The number of amides is 1. The number of nitrogens with zero attached hydrogens (tertiary/aromatic N) is 2. The highest BCUT2D eigenvalue weighted by Gasteiger charge is 2.41. The molecule has 7 nitrogen and oxygen atoms in total. The Labute approximate surface area is 189 Å². The molecule has 2 aromatic carbocycles. The Kier molecular flexibility index (Phi) is 6.37. The van der Waals surface area contributed by atoms with Crippen molar-refractivity contribution in [1.29, 1.82) is 0 Å². The molecule has 7 heteroatoms.